The maximum absolute atomic E-state index is 12.3. The van der Waals surface area contributed by atoms with Crippen LogP contribution < -0.4 is 9.47 Å². The number of halogens is 2. The summed E-state index contributed by atoms with van der Waals surface area (Å²) < 4.78 is 35.0. The molecular formula is C17H18F2O2S. The number of ether oxygens (including phenoxy) is 2. The molecule has 2 aromatic rings. The molecule has 0 spiro atoms. The van der Waals surface area contributed by atoms with Crippen molar-refractivity contribution in [1.82, 2.24) is 0 Å². The zero-order valence-corrected chi connectivity index (χ0v) is 13.3. The van der Waals surface area contributed by atoms with Crippen molar-refractivity contribution in [3.05, 3.63) is 53.6 Å². The summed E-state index contributed by atoms with van der Waals surface area (Å²) in [5.74, 6) is 2.06. The van der Waals surface area contributed by atoms with Gasteiger partial charge >= 0.3 is 0 Å². The molecule has 0 heterocycles. The molecule has 22 heavy (non-hydrogen) atoms. The molecule has 0 saturated heterocycles. The summed E-state index contributed by atoms with van der Waals surface area (Å²) in [4.78, 5) is 0.863. The Labute approximate surface area is 133 Å². The third-order valence-electron chi connectivity index (χ3n) is 3.02. The Morgan fingerprint density at radius 1 is 1.09 bits per heavy atom. The molecule has 2 aromatic carbocycles. The quantitative estimate of drug-likeness (QED) is 0.672. The third-order valence-corrected chi connectivity index (χ3v) is 4.14. The van der Waals surface area contributed by atoms with E-state index in [9.17, 15) is 8.78 Å². The van der Waals surface area contributed by atoms with Crippen LogP contribution in [0.15, 0.2) is 47.4 Å². The Bertz CT molecular complexity index is 600. The Kier molecular flexibility index (Phi) is 6.07. The van der Waals surface area contributed by atoms with Crippen LogP contribution in [0.5, 0.6) is 11.5 Å². The Hall–Kier alpha value is -1.75. The number of aryl methyl sites for hydroxylation is 1. The van der Waals surface area contributed by atoms with Gasteiger partial charge in [-0.2, -0.15) is 0 Å². The van der Waals surface area contributed by atoms with Gasteiger partial charge in [-0.05, 0) is 42.3 Å². The molecule has 0 aliphatic rings. The van der Waals surface area contributed by atoms with E-state index < -0.39 is 13.0 Å². The van der Waals surface area contributed by atoms with Gasteiger partial charge in [-0.1, -0.05) is 18.2 Å². The number of hydrogen-bond acceptors (Lipinski definition) is 3. The van der Waals surface area contributed by atoms with E-state index in [-0.39, 0.29) is 0 Å². The maximum Gasteiger partial charge on any atom is 0.272 e. The highest BCUT2D eigenvalue weighted by atomic mass is 32.2. The summed E-state index contributed by atoms with van der Waals surface area (Å²) in [5, 5.41) is 0. The first kappa shape index (κ1) is 16.6. The Morgan fingerprint density at radius 3 is 2.45 bits per heavy atom. The molecule has 0 bridgehead atoms. The van der Waals surface area contributed by atoms with E-state index in [4.69, 9.17) is 9.47 Å². The number of rotatable bonds is 7. The van der Waals surface area contributed by atoms with Crippen molar-refractivity contribution in [3.63, 3.8) is 0 Å². The van der Waals surface area contributed by atoms with Crippen molar-refractivity contribution < 1.29 is 18.3 Å². The zero-order chi connectivity index (χ0) is 15.9. The third kappa shape index (κ3) is 4.91. The van der Waals surface area contributed by atoms with Gasteiger partial charge in [0.25, 0.3) is 6.43 Å². The number of hydrogen-bond donors (Lipinski definition) is 0. The van der Waals surface area contributed by atoms with E-state index in [1.54, 1.807) is 24.9 Å². The molecule has 2 nitrogen and oxygen atoms in total. The topological polar surface area (TPSA) is 18.5 Å². The predicted octanol–water partition coefficient (Wildman–Crippen LogP) is 4.94. The minimum Gasteiger partial charge on any atom is -0.497 e. The fourth-order valence-corrected chi connectivity index (χ4v) is 2.82. The van der Waals surface area contributed by atoms with Crippen molar-refractivity contribution in [2.24, 2.45) is 0 Å². The van der Waals surface area contributed by atoms with Gasteiger partial charge in [0.15, 0.2) is 0 Å². The van der Waals surface area contributed by atoms with Crippen molar-refractivity contribution in [1.29, 1.82) is 0 Å². The molecule has 2 rings (SSSR count). The monoisotopic (exact) mass is 324 g/mol. The van der Waals surface area contributed by atoms with Gasteiger partial charge < -0.3 is 9.47 Å². The molecular weight excluding hydrogens is 306 g/mol. The van der Waals surface area contributed by atoms with Crippen molar-refractivity contribution >= 4 is 11.8 Å². The van der Waals surface area contributed by atoms with Gasteiger partial charge in [-0.15, -0.1) is 11.8 Å². The first-order valence-corrected chi connectivity index (χ1v) is 7.84. The molecule has 0 amide bonds. The zero-order valence-electron chi connectivity index (χ0n) is 12.5. The lowest BCUT2D eigenvalue weighted by Gasteiger charge is -2.12. The fraction of sp³-hybridized carbons (Fsp3) is 0.294. The van der Waals surface area contributed by atoms with Crippen LogP contribution in [0, 0.1) is 6.92 Å². The average Bonchev–Trinajstić information content (AvgIpc) is 2.52. The van der Waals surface area contributed by atoms with Gasteiger partial charge in [-0.25, -0.2) is 8.78 Å². The summed E-state index contributed by atoms with van der Waals surface area (Å²) in [5.41, 5.74) is 2.12. The number of alkyl halides is 2. The second-order valence-electron chi connectivity index (χ2n) is 4.79. The maximum atomic E-state index is 12.3. The van der Waals surface area contributed by atoms with Gasteiger partial charge in [0, 0.05) is 10.6 Å². The summed E-state index contributed by atoms with van der Waals surface area (Å²) in [6, 6.07) is 13.4. The van der Waals surface area contributed by atoms with Crippen molar-refractivity contribution in [2.75, 3.05) is 13.7 Å². The standard InChI is InChI=1S/C17H18F2O2S/c1-12-3-8-16(15(9-12)21-10-17(18)19)22-11-13-4-6-14(20-2)7-5-13/h3-9,17H,10-11H2,1-2H3. The number of thioether (sulfide) groups is 1. The van der Waals surface area contributed by atoms with E-state index in [0.29, 0.717) is 5.75 Å². The van der Waals surface area contributed by atoms with Crippen LogP contribution in [-0.4, -0.2) is 20.1 Å². The van der Waals surface area contributed by atoms with Crippen molar-refractivity contribution in [2.45, 2.75) is 24.0 Å². The predicted molar refractivity (Wildman–Crippen MR) is 85.2 cm³/mol. The molecule has 5 heteroatoms. The summed E-state index contributed by atoms with van der Waals surface area (Å²) in [7, 11) is 1.63. The van der Waals surface area contributed by atoms with E-state index in [0.717, 1.165) is 27.5 Å². The van der Waals surface area contributed by atoms with E-state index >= 15 is 0 Å². The molecule has 0 unspecified atom stereocenters. The molecule has 118 valence electrons. The van der Waals surface area contributed by atoms with Crippen LogP contribution in [0.4, 0.5) is 8.78 Å². The van der Waals surface area contributed by atoms with Crippen LogP contribution in [0.25, 0.3) is 0 Å². The summed E-state index contributed by atoms with van der Waals surface area (Å²) in [6.07, 6.45) is -2.47. The highest BCUT2D eigenvalue weighted by molar-refractivity contribution is 7.98. The molecule has 0 N–H and O–H groups in total. The lowest BCUT2D eigenvalue weighted by molar-refractivity contribution is 0.0805. The van der Waals surface area contributed by atoms with Gasteiger partial charge in [0.2, 0.25) is 0 Å². The Balaban J connectivity index is 2.04. The first-order chi connectivity index (χ1) is 10.6. The largest absolute Gasteiger partial charge is 0.497 e. The van der Waals surface area contributed by atoms with Crippen LogP contribution in [0.3, 0.4) is 0 Å². The molecule has 0 atom stereocenters. The summed E-state index contributed by atoms with van der Waals surface area (Å²) >= 11 is 1.56. The van der Waals surface area contributed by atoms with Gasteiger partial charge in [0.05, 0.1) is 7.11 Å². The lowest BCUT2D eigenvalue weighted by atomic mass is 10.2. The molecule has 0 aliphatic carbocycles. The molecule has 0 aromatic heterocycles. The highest BCUT2D eigenvalue weighted by Crippen LogP contribution is 2.33. The summed E-state index contributed by atoms with van der Waals surface area (Å²) in [6.45, 7) is 1.33. The SMILES string of the molecule is COc1ccc(CSc2ccc(C)cc2OCC(F)F)cc1. The van der Waals surface area contributed by atoms with Crippen LogP contribution in [0.1, 0.15) is 11.1 Å². The minimum absolute atomic E-state index is 0.513. The van der Waals surface area contributed by atoms with Crippen LogP contribution in [-0.2, 0) is 5.75 Å². The second-order valence-corrected chi connectivity index (χ2v) is 5.81. The van der Waals surface area contributed by atoms with Gasteiger partial charge in [0.1, 0.15) is 18.1 Å². The average molecular weight is 324 g/mol. The molecule has 0 radical (unpaired) electrons. The molecule has 0 aliphatic heterocycles. The smallest absolute Gasteiger partial charge is 0.272 e. The molecule has 0 saturated carbocycles. The lowest BCUT2D eigenvalue weighted by Crippen LogP contribution is -2.07. The second kappa shape index (κ2) is 8.03. The van der Waals surface area contributed by atoms with E-state index in [1.165, 1.54) is 0 Å². The normalized spacial score (nSPS) is 10.8. The van der Waals surface area contributed by atoms with E-state index in [2.05, 4.69) is 0 Å². The Morgan fingerprint density at radius 2 is 1.82 bits per heavy atom. The van der Waals surface area contributed by atoms with E-state index in [1.807, 2.05) is 43.3 Å². The number of benzene rings is 2. The first-order valence-electron chi connectivity index (χ1n) is 6.86. The van der Waals surface area contributed by atoms with Gasteiger partial charge in [-0.3, -0.25) is 0 Å². The molecule has 0 fully saturated rings. The fourth-order valence-electron chi connectivity index (χ4n) is 1.88. The minimum atomic E-state index is -2.47. The van der Waals surface area contributed by atoms with Crippen molar-refractivity contribution in [3.8, 4) is 11.5 Å². The van der Waals surface area contributed by atoms with Crippen LogP contribution >= 0.6 is 11.8 Å². The van der Waals surface area contributed by atoms with Crippen LogP contribution in [0.2, 0.25) is 0 Å². The number of methoxy groups -OCH3 is 1. The highest BCUT2D eigenvalue weighted by Gasteiger charge is 2.09.